The van der Waals surface area contributed by atoms with Crippen LogP contribution in [0, 0.1) is 0 Å². The van der Waals surface area contributed by atoms with Crippen LogP contribution in [0.25, 0.3) is 12.2 Å². The molecule has 8 heteroatoms. The van der Waals surface area contributed by atoms with Gasteiger partial charge in [-0.3, -0.25) is 9.69 Å². The number of piperidine rings is 1. The van der Waals surface area contributed by atoms with Gasteiger partial charge in [0.1, 0.15) is 0 Å². The number of rotatable bonds is 4. The molecule has 0 radical (unpaired) electrons. The van der Waals surface area contributed by atoms with E-state index in [1.807, 2.05) is 24.1 Å². The number of hydrogen-bond donors (Lipinski definition) is 4. The van der Waals surface area contributed by atoms with Gasteiger partial charge in [0.05, 0.1) is 0 Å². The minimum Gasteiger partial charge on any atom is -0.423 e. The highest BCUT2D eigenvalue weighted by molar-refractivity contribution is 6.58. The Hall–Kier alpha value is -2.48. The van der Waals surface area contributed by atoms with Crippen LogP contribution in [0.1, 0.15) is 11.1 Å². The zero-order valence-electron chi connectivity index (χ0n) is 15.5. The van der Waals surface area contributed by atoms with Crippen molar-refractivity contribution in [2.24, 2.45) is 0 Å². The Morgan fingerprint density at radius 3 is 1.43 bits per heavy atom. The van der Waals surface area contributed by atoms with Crippen molar-refractivity contribution in [3.05, 3.63) is 70.8 Å². The lowest BCUT2D eigenvalue weighted by molar-refractivity contribution is -0.113. The van der Waals surface area contributed by atoms with E-state index in [1.54, 1.807) is 48.5 Å². The van der Waals surface area contributed by atoms with Crippen LogP contribution in [-0.4, -0.2) is 65.2 Å². The zero-order valence-corrected chi connectivity index (χ0v) is 15.5. The van der Waals surface area contributed by atoms with E-state index in [-0.39, 0.29) is 5.78 Å². The van der Waals surface area contributed by atoms with E-state index in [4.69, 9.17) is 0 Å². The molecule has 2 aromatic rings. The third-order valence-electron chi connectivity index (χ3n) is 4.61. The number of nitrogens with zero attached hydrogens (tertiary/aromatic N) is 1. The average Bonchev–Trinajstić information content (AvgIpc) is 2.66. The second kappa shape index (κ2) is 8.68. The van der Waals surface area contributed by atoms with Crippen LogP contribution in [0.3, 0.4) is 0 Å². The summed E-state index contributed by atoms with van der Waals surface area (Å²) in [4.78, 5) is 14.9. The van der Waals surface area contributed by atoms with Crippen molar-refractivity contribution in [2.75, 3.05) is 20.1 Å². The largest absolute Gasteiger partial charge is 0.488 e. The highest BCUT2D eigenvalue weighted by atomic mass is 16.4. The molecular weight excluding hydrogens is 356 g/mol. The number of ketones is 1. The van der Waals surface area contributed by atoms with Gasteiger partial charge in [0, 0.05) is 24.2 Å². The van der Waals surface area contributed by atoms with Crippen molar-refractivity contribution >= 4 is 43.1 Å². The number of Topliss-reactive ketones (excluding diaryl/α,β-unsaturated/α-hetero) is 1. The minimum absolute atomic E-state index is 0.0318. The van der Waals surface area contributed by atoms with E-state index >= 15 is 0 Å². The van der Waals surface area contributed by atoms with E-state index in [9.17, 15) is 24.9 Å². The van der Waals surface area contributed by atoms with Crippen LogP contribution < -0.4 is 10.9 Å². The van der Waals surface area contributed by atoms with Gasteiger partial charge in [-0.15, -0.1) is 0 Å². The molecule has 0 aliphatic carbocycles. The molecule has 0 saturated carbocycles. The molecule has 0 unspecified atom stereocenters. The monoisotopic (exact) mass is 377 g/mol. The maximum absolute atomic E-state index is 12.9. The highest BCUT2D eigenvalue weighted by Gasteiger charge is 2.24. The summed E-state index contributed by atoms with van der Waals surface area (Å²) >= 11 is 0. The van der Waals surface area contributed by atoms with Gasteiger partial charge in [-0.1, -0.05) is 48.5 Å². The smallest absolute Gasteiger partial charge is 0.423 e. The lowest BCUT2D eigenvalue weighted by Gasteiger charge is -2.26. The average molecular weight is 377 g/mol. The van der Waals surface area contributed by atoms with Gasteiger partial charge in [0.2, 0.25) is 0 Å². The Bertz CT molecular complexity index is 832. The molecule has 28 heavy (non-hydrogen) atoms. The molecule has 3 rings (SSSR count). The van der Waals surface area contributed by atoms with Crippen molar-refractivity contribution < 1.29 is 24.9 Å². The zero-order chi connectivity index (χ0) is 20.3. The number of carbonyl (C=O) groups is 1. The Balaban J connectivity index is 1.85. The lowest BCUT2D eigenvalue weighted by atomic mass is 9.80. The number of likely N-dealkylation sites (tertiary alicyclic amines) is 1. The van der Waals surface area contributed by atoms with Crippen LogP contribution in [0.15, 0.2) is 59.7 Å². The standard InChI is InChI=1S/C20H21B2NO5/c1-23-12-16(10-14-2-6-18(7-3-14)21(25)26)20(24)17(13-23)11-15-4-8-19(9-5-15)22(27)28/h2-11,25-28H,12-13H2,1H3/b16-10+,17-11+. The van der Waals surface area contributed by atoms with Crippen molar-refractivity contribution in [3.63, 3.8) is 0 Å². The second-order valence-corrected chi connectivity index (χ2v) is 6.92. The minimum atomic E-state index is -1.52. The first kappa shape index (κ1) is 20.3. The van der Waals surface area contributed by atoms with Crippen molar-refractivity contribution in [1.82, 2.24) is 4.90 Å². The molecule has 1 saturated heterocycles. The molecule has 1 fully saturated rings. The first-order valence-electron chi connectivity index (χ1n) is 8.90. The summed E-state index contributed by atoms with van der Waals surface area (Å²) < 4.78 is 0. The topological polar surface area (TPSA) is 101 Å². The first-order valence-corrected chi connectivity index (χ1v) is 8.90. The van der Waals surface area contributed by atoms with Crippen LogP contribution in [0.2, 0.25) is 0 Å². The van der Waals surface area contributed by atoms with Crippen LogP contribution in [0.5, 0.6) is 0 Å². The van der Waals surface area contributed by atoms with Crippen LogP contribution in [0.4, 0.5) is 0 Å². The van der Waals surface area contributed by atoms with Crippen molar-refractivity contribution in [3.8, 4) is 0 Å². The molecule has 1 aliphatic rings. The van der Waals surface area contributed by atoms with Gasteiger partial charge < -0.3 is 20.1 Å². The summed E-state index contributed by atoms with van der Waals surface area (Å²) in [6, 6.07) is 13.4. The fourth-order valence-electron chi connectivity index (χ4n) is 3.14. The number of likely N-dealkylation sites (N-methyl/N-ethyl adjacent to an activating group) is 1. The molecule has 0 bridgehead atoms. The predicted octanol–water partition coefficient (Wildman–Crippen LogP) is -0.972. The molecule has 1 aliphatic heterocycles. The van der Waals surface area contributed by atoms with Gasteiger partial charge in [-0.05, 0) is 41.3 Å². The third kappa shape index (κ3) is 4.86. The number of benzene rings is 2. The summed E-state index contributed by atoms with van der Waals surface area (Å²) in [5, 5.41) is 36.7. The highest BCUT2D eigenvalue weighted by Crippen LogP contribution is 2.21. The van der Waals surface area contributed by atoms with E-state index in [0.29, 0.717) is 35.2 Å². The second-order valence-electron chi connectivity index (χ2n) is 6.92. The summed E-state index contributed by atoms with van der Waals surface area (Å²) in [5.41, 5.74) is 3.71. The summed E-state index contributed by atoms with van der Waals surface area (Å²) in [6.45, 7) is 1.05. The summed E-state index contributed by atoms with van der Waals surface area (Å²) in [5.74, 6) is -0.0318. The fraction of sp³-hybridized carbons (Fsp3) is 0.150. The number of hydrogen-bond acceptors (Lipinski definition) is 6. The van der Waals surface area contributed by atoms with Gasteiger partial charge in [-0.2, -0.15) is 0 Å². The maximum Gasteiger partial charge on any atom is 0.488 e. The molecule has 0 spiro atoms. The summed E-state index contributed by atoms with van der Waals surface area (Å²) in [6.07, 6.45) is 3.62. The lowest BCUT2D eigenvalue weighted by Crippen LogP contribution is -2.34. The van der Waals surface area contributed by atoms with Gasteiger partial charge >= 0.3 is 14.2 Å². The molecule has 0 amide bonds. The van der Waals surface area contributed by atoms with Gasteiger partial charge in [0.15, 0.2) is 5.78 Å². The molecule has 4 N–H and O–H groups in total. The molecule has 142 valence electrons. The van der Waals surface area contributed by atoms with E-state index in [1.165, 1.54) is 0 Å². The van der Waals surface area contributed by atoms with Crippen LogP contribution in [-0.2, 0) is 4.79 Å². The Morgan fingerprint density at radius 1 is 0.750 bits per heavy atom. The quantitative estimate of drug-likeness (QED) is 0.404. The van der Waals surface area contributed by atoms with Crippen LogP contribution >= 0.6 is 0 Å². The molecule has 1 heterocycles. The fourth-order valence-corrected chi connectivity index (χ4v) is 3.14. The maximum atomic E-state index is 12.9. The van der Waals surface area contributed by atoms with Crippen molar-refractivity contribution in [2.45, 2.75) is 0 Å². The first-order chi connectivity index (χ1) is 13.3. The van der Waals surface area contributed by atoms with E-state index in [2.05, 4.69) is 0 Å². The Labute approximate surface area is 164 Å². The van der Waals surface area contributed by atoms with Gasteiger partial charge in [-0.25, -0.2) is 0 Å². The van der Waals surface area contributed by atoms with E-state index < -0.39 is 14.2 Å². The molecule has 0 aromatic heterocycles. The molecular formula is C20H21B2NO5. The SMILES string of the molecule is CN1C/C(=C\c2ccc(B(O)O)cc2)C(=O)/C(=C/c2ccc(B(O)O)cc2)C1. The number of carbonyl (C=O) groups excluding carboxylic acids is 1. The van der Waals surface area contributed by atoms with Gasteiger partial charge in [0.25, 0.3) is 0 Å². The molecule has 0 atom stereocenters. The molecule has 6 nitrogen and oxygen atoms in total. The summed E-state index contributed by atoms with van der Waals surface area (Å²) in [7, 11) is -1.10. The Morgan fingerprint density at radius 2 is 1.11 bits per heavy atom. The third-order valence-corrected chi connectivity index (χ3v) is 4.61. The normalized spacial score (nSPS) is 18.0. The molecule has 2 aromatic carbocycles. The Kier molecular flexibility index (Phi) is 6.28. The van der Waals surface area contributed by atoms with E-state index in [0.717, 1.165) is 11.1 Å². The predicted molar refractivity (Wildman–Crippen MR) is 111 cm³/mol. The van der Waals surface area contributed by atoms with Crippen molar-refractivity contribution in [1.29, 1.82) is 0 Å².